The van der Waals surface area contributed by atoms with E-state index in [0.29, 0.717) is 13.1 Å². The van der Waals surface area contributed by atoms with Crippen molar-refractivity contribution in [3.8, 4) is 0 Å². The average molecular weight is 324 g/mol. The molecule has 5 heteroatoms. The highest BCUT2D eigenvalue weighted by molar-refractivity contribution is 6.01. The first-order chi connectivity index (χ1) is 11.6. The third-order valence-corrected chi connectivity index (χ3v) is 4.94. The Morgan fingerprint density at radius 1 is 1.21 bits per heavy atom. The van der Waals surface area contributed by atoms with Crippen LogP contribution in [0.2, 0.25) is 0 Å². The van der Waals surface area contributed by atoms with Crippen molar-refractivity contribution in [2.75, 3.05) is 11.4 Å². The number of rotatable bonds is 3. The van der Waals surface area contributed by atoms with Crippen LogP contribution in [0.5, 0.6) is 0 Å². The number of hydrogen-bond donors (Lipinski definition) is 0. The van der Waals surface area contributed by atoms with E-state index in [4.69, 9.17) is 4.42 Å². The Hall–Kier alpha value is -2.56. The molecule has 0 saturated carbocycles. The number of carbonyl (C=O) groups excluding carboxylic acids is 2. The number of nitrogens with zero attached hydrogens (tertiary/aromatic N) is 2. The van der Waals surface area contributed by atoms with Gasteiger partial charge in [-0.05, 0) is 37.1 Å². The van der Waals surface area contributed by atoms with Gasteiger partial charge in [-0.15, -0.1) is 0 Å². The number of hydrogen-bond acceptors (Lipinski definition) is 3. The van der Waals surface area contributed by atoms with Gasteiger partial charge in [-0.3, -0.25) is 9.59 Å². The second kappa shape index (κ2) is 5.82. The highest BCUT2D eigenvalue weighted by Gasteiger charge is 2.40. The van der Waals surface area contributed by atoms with Gasteiger partial charge < -0.3 is 14.2 Å². The van der Waals surface area contributed by atoms with Crippen molar-refractivity contribution in [1.82, 2.24) is 4.90 Å². The molecule has 2 aliphatic heterocycles. The van der Waals surface area contributed by atoms with E-state index in [1.54, 1.807) is 17.2 Å². The molecule has 5 nitrogen and oxygen atoms in total. The molecule has 2 aromatic rings. The average Bonchev–Trinajstić information content (AvgIpc) is 3.26. The van der Waals surface area contributed by atoms with Gasteiger partial charge in [0.15, 0.2) is 0 Å². The molecule has 0 radical (unpaired) electrons. The van der Waals surface area contributed by atoms with E-state index < -0.39 is 0 Å². The van der Waals surface area contributed by atoms with Crippen LogP contribution < -0.4 is 4.90 Å². The molecule has 0 aliphatic carbocycles. The lowest BCUT2D eigenvalue weighted by atomic mass is 10.1. The maximum Gasteiger partial charge on any atom is 0.232 e. The van der Waals surface area contributed by atoms with Gasteiger partial charge in [-0.1, -0.05) is 18.2 Å². The summed E-state index contributed by atoms with van der Waals surface area (Å²) in [5, 5.41) is 0. The lowest BCUT2D eigenvalue weighted by Gasteiger charge is -2.25. The monoisotopic (exact) mass is 324 g/mol. The Bertz CT molecular complexity index is 769. The number of para-hydroxylation sites is 1. The summed E-state index contributed by atoms with van der Waals surface area (Å²) in [4.78, 5) is 28.9. The van der Waals surface area contributed by atoms with Gasteiger partial charge in [0.1, 0.15) is 5.76 Å². The molecule has 2 aliphatic rings. The van der Waals surface area contributed by atoms with Gasteiger partial charge in [0.05, 0.1) is 18.7 Å². The fourth-order valence-corrected chi connectivity index (χ4v) is 3.78. The third-order valence-electron chi connectivity index (χ3n) is 4.94. The fraction of sp³-hybridized carbons (Fsp3) is 0.368. The predicted octanol–water partition coefficient (Wildman–Crippen LogP) is 2.61. The summed E-state index contributed by atoms with van der Waals surface area (Å²) in [5.74, 6) is 0.546. The van der Waals surface area contributed by atoms with Gasteiger partial charge in [0.25, 0.3) is 0 Å². The first-order valence-electron chi connectivity index (χ1n) is 8.34. The first-order valence-corrected chi connectivity index (χ1v) is 8.34. The lowest BCUT2D eigenvalue weighted by molar-refractivity contribution is -0.129. The molecule has 3 heterocycles. The molecule has 24 heavy (non-hydrogen) atoms. The maximum atomic E-state index is 13.0. The summed E-state index contributed by atoms with van der Waals surface area (Å²) >= 11 is 0. The van der Waals surface area contributed by atoms with Crippen molar-refractivity contribution >= 4 is 17.5 Å². The van der Waals surface area contributed by atoms with Crippen molar-refractivity contribution in [2.45, 2.75) is 32.4 Å². The summed E-state index contributed by atoms with van der Waals surface area (Å²) < 4.78 is 5.31. The number of anilines is 1. The lowest BCUT2D eigenvalue weighted by Crippen LogP contribution is -2.41. The Morgan fingerprint density at radius 3 is 2.83 bits per heavy atom. The second-order valence-electron chi connectivity index (χ2n) is 6.64. The molecular weight excluding hydrogens is 304 g/mol. The zero-order chi connectivity index (χ0) is 16.7. The molecule has 2 amide bonds. The van der Waals surface area contributed by atoms with Crippen molar-refractivity contribution in [3.05, 3.63) is 54.0 Å². The summed E-state index contributed by atoms with van der Waals surface area (Å²) in [7, 11) is 0. The minimum atomic E-state index is -0.277. The van der Waals surface area contributed by atoms with Crippen LogP contribution in [0.15, 0.2) is 47.1 Å². The topological polar surface area (TPSA) is 53.8 Å². The maximum absolute atomic E-state index is 13.0. The number of likely N-dealkylation sites (tertiary alicyclic amines) is 1. The van der Waals surface area contributed by atoms with Crippen LogP contribution in [0.3, 0.4) is 0 Å². The Morgan fingerprint density at radius 2 is 2.04 bits per heavy atom. The molecule has 1 saturated heterocycles. The van der Waals surface area contributed by atoms with Crippen LogP contribution in [0.1, 0.15) is 24.7 Å². The van der Waals surface area contributed by atoms with Gasteiger partial charge in [-0.2, -0.15) is 0 Å². The van der Waals surface area contributed by atoms with Crippen molar-refractivity contribution in [1.29, 1.82) is 0 Å². The van der Waals surface area contributed by atoms with E-state index in [0.717, 1.165) is 17.9 Å². The standard InChI is InChI=1S/C19H20N2O3/c1-13-9-14-5-2-3-7-17(14)21(13)19(23)15-10-18(22)20(11-15)12-16-6-4-8-24-16/h2-8,13,15H,9-12H2,1H3/t13-,15+/m0/s1. The number of carbonyl (C=O) groups is 2. The van der Waals surface area contributed by atoms with Crippen LogP contribution >= 0.6 is 0 Å². The molecule has 1 aromatic heterocycles. The molecule has 1 aromatic carbocycles. The van der Waals surface area contributed by atoms with Gasteiger partial charge >= 0.3 is 0 Å². The van der Waals surface area contributed by atoms with Crippen LogP contribution in [0.4, 0.5) is 5.69 Å². The molecule has 1 fully saturated rings. The zero-order valence-electron chi connectivity index (χ0n) is 13.6. The van der Waals surface area contributed by atoms with Crippen LogP contribution in [0, 0.1) is 5.92 Å². The summed E-state index contributed by atoms with van der Waals surface area (Å²) in [6.45, 7) is 2.96. The normalized spacial score (nSPS) is 23.0. The Kier molecular flexibility index (Phi) is 3.63. The molecule has 0 bridgehead atoms. The zero-order valence-corrected chi connectivity index (χ0v) is 13.6. The van der Waals surface area contributed by atoms with E-state index in [9.17, 15) is 9.59 Å². The van der Waals surface area contributed by atoms with E-state index in [2.05, 4.69) is 13.0 Å². The summed E-state index contributed by atoms with van der Waals surface area (Å²) in [5.41, 5.74) is 2.20. The Balaban J connectivity index is 1.50. The molecule has 0 spiro atoms. The highest BCUT2D eigenvalue weighted by Crippen LogP contribution is 2.34. The molecule has 4 rings (SSSR count). The molecule has 0 N–H and O–H groups in total. The minimum Gasteiger partial charge on any atom is -0.467 e. The van der Waals surface area contributed by atoms with Crippen LogP contribution in [-0.4, -0.2) is 29.3 Å². The molecule has 0 unspecified atom stereocenters. The van der Waals surface area contributed by atoms with Crippen LogP contribution in [0.25, 0.3) is 0 Å². The first kappa shape index (κ1) is 15.0. The number of fused-ring (bicyclic) bond motifs is 1. The second-order valence-corrected chi connectivity index (χ2v) is 6.64. The van der Waals surface area contributed by atoms with Gasteiger partial charge in [-0.25, -0.2) is 0 Å². The van der Waals surface area contributed by atoms with E-state index in [1.165, 1.54) is 5.56 Å². The number of furan rings is 1. The van der Waals surface area contributed by atoms with Crippen LogP contribution in [-0.2, 0) is 22.6 Å². The number of benzene rings is 1. The highest BCUT2D eigenvalue weighted by atomic mass is 16.3. The quantitative estimate of drug-likeness (QED) is 0.872. The molecule has 124 valence electrons. The summed E-state index contributed by atoms with van der Waals surface area (Å²) in [6, 6.07) is 11.8. The summed E-state index contributed by atoms with van der Waals surface area (Å²) in [6.07, 6.45) is 2.75. The fourth-order valence-electron chi connectivity index (χ4n) is 3.78. The van der Waals surface area contributed by atoms with Gasteiger partial charge in [0.2, 0.25) is 11.8 Å². The number of amides is 2. The smallest absolute Gasteiger partial charge is 0.232 e. The third kappa shape index (κ3) is 2.50. The van der Waals surface area contributed by atoms with E-state index >= 15 is 0 Å². The molecular formula is C19H20N2O3. The molecule has 2 atom stereocenters. The van der Waals surface area contributed by atoms with Gasteiger partial charge in [0, 0.05) is 24.7 Å². The van der Waals surface area contributed by atoms with Crippen molar-refractivity contribution < 1.29 is 14.0 Å². The van der Waals surface area contributed by atoms with E-state index in [1.807, 2.05) is 29.2 Å². The van der Waals surface area contributed by atoms with Crippen molar-refractivity contribution in [2.24, 2.45) is 5.92 Å². The minimum absolute atomic E-state index is 0.0184. The van der Waals surface area contributed by atoms with E-state index in [-0.39, 0.29) is 30.2 Å². The SMILES string of the molecule is C[C@H]1Cc2ccccc2N1C(=O)[C@@H]1CC(=O)N(Cc2ccco2)C1. The Labute approximate surface area is 140 Å². The largest absolute Gasteiger partial charge is 0.467 e. The van der Waals surface area contributed by atoms with Crippen molar-refractivity contribution in [3.63, 3.8) is 0 Å². The predicted molar refractivity (Wildman–Crippen MR) is 89.3 cm³/mol.